The number of benzene rings is 1. The standard InChI is InChI=1S/C19H28N4O2S/c1-5-16-8-7-9-17(6-2)18(16)22-10-12-23(13-11-22)26(24,25)19-14(3)20-21-15(19)4/h7-9H,5-6,10-13H2,1-4H3,(H,20,21). The summed E-state index contributed by atoms with van der Waals surface area (Å²) in [5.74, 6) is 0. The first-order valence-electron chi connectivity index (χ1n) is 9.27. The van der Waals surface area contributed by atoms with Crippen molar-refractivity contribution in [2.75, 3.05) is 31.1 Å². The Balaban J connectivity index is 1.82. The van der Waals surface area contributed by atoms with Crippen molar-refractivity contribution in [2.24, 2.45) is 0 Å². The summed E-state index contributed by atoms with van der Waals surface area (Å²) in [5, 5.41) is 6.82. The van der Waals surface area contributed by atoms with E-state index in [9.17, 15) is 8.42 Å². The third-order valence-electron chi connectivity index (χ3n) is 5.18. The van der Waals surface area contributed by atoms with Crippen molar-refractivity contribution in [3.05, 3.63) is 40.7 Å². The lowest BCUT2D eigenvalue weighted by Crippen LogP contribution is -2.49. The molecule has 1 aliphatic heterocycles. The number of sulfonamides is 1. The van der Waals surface area contributed by atoms with Crippen LogP contribution in [0, 0.1) is 13.8 Å². The van der Waals surface area contributed by atoms with E-state index in [-0.39, 0.29) is 0 Å². The lowest BCUT2D eigenvalue weighted by atomic mass is 10.0. The number of hydrogen-bond donors (Lipinski definition) is 1. The Morgan fingerprint density at radius 1 is 1.04 bits per heavy atom. The van der Waals surface area contributed by atoms with Gasteiger partial charge in [0.05, 0.1) is 11.4 Å². The van der Waals surface area contributed by atoms with E-state index in [0.29, 0.717) is 42.5 Å². The zero-order chi connectivity index (χ0) is 18.9. The second-order valence-electron chi connectivity index (χ2n) is 6.79. The molecule has 1 N–H and O–H groups in total. The zero-order valence-corrected chi connectivity index (χ0v) is 16.9. The number of rotatable bonds is 5. The Bertz CT molecular complexity index is 839. The first kappa shape index (κ1) is 18.9. The summed E-state index contributed by atoms with van der Waals surface area (Å²) in [7, 11) is -3.50. The van der Waals surface area contributed by atoms with Gasteiger partial charge in [-0.3, -0.25) is 5.10 Å². The number of nitrogens with one attached hydrogen (secondary N) is 1. The topological polar surface area (TPSA) is 69.3 Å². The number of para-hydroxylation sites is 1. The Kier molecular flexibility index (Phi) is 5.39. The Labute approximate surface area is 156 Å². The second-order valence-corrected chi connectivity index (χ2v) is 8.66. The highest BCUT2D eigenvalue weighted by Crippen LogP contribution is 2.29. The summed E-state index contributed by atoms with van der Waals surface area (Å²) in [6.45, 7) is 10.2. The molecule has 0 unspecified atom stereocenters. The SMILES string of the molecule is CCc1cccc(CC)c1N1CCN(S(=O)(=O)c2c(C)n[nH]c2C)CC1. The van der Waals surface area contributed by atoms with Gasteiger partial charge < -0.3 is 4.90 Å². The van der Waals surface area contributed by atoms with Crippen LogP contribution in [-0.4, -0.2) is 49.1 Å². The van der Waals surface area contributed by atoms with E-state index in [1.54, 1.807) is 18.2 Å². The Morgan fingerprint density at radius 2 is 1.62 bits per heavy atom. The molecule has 0 amide bonds. The van der Waals surface area contributed by atoms with Gasteiger partial charge in [-0.1, -0.05) is 32.0 Å². The molecule has 0 atom stereocenters. The molecule has 26 heavy (non-hydrogen) atoms. The third kappa shape index (κ3) is 3.25. The van der Waals surface area contributed by atoms with Crippen LogP contribution in [0.25, 0.3) is 0 Å². The van der Waals surface area contributed by atoms with Gasteiger partial charge in [0.1, 0.15) is 4.90 Å². The molecule has 1 aliphatic rings. The minimum Gasteiger partial charge on any atom is -0.368 e. The van der Waals surface area contributed by atoms with Crippen molar-refractivity contribution in [1.29, 1.82) is 0 Å². The fourth-order valence-electron chi connectivity index (χ4n) is 3.82. The van der Waals surface area contributed by atoms with Crippen molar-refractivity contribution >= 4 is 15.7 Å². The van der Waals surface area contributed by atoms with Crippen LogP contribution in [0.2, 0.25) is 0 Å². The highest BCUT2D eigenvalue weighted by Gasteiger charge is 2.32. The number of piperazine rings is 1. The van der Waals surface area contributed by atoms with E-state index < -0.39 is 10.0 Å². The van der Waals surface area contributed by atoms with Gasteiger partial charge in [-0.2, -0.15) is 9.40 Å². The lowest BCUT2D eigenvalue weighted by Gasteiger charge is -2.37. The van der Waals surface area contributed by atoms with Crippen molar-refractivity contribution in [3.8, 4) is 0 Å². The number of H-pyrrole nitrogens is 1. The van der Waals surface area contributed by atoms with Gasteiger partial charge in [0, 0.05) is 31.9 Å². The fraction of sp³-hybridized carbons (Fsp3) is 0.526. The minimum atomic E-state index is -3.50. The number of anilines is 1. The second kappa shape index (κ2) is 7.40. The van der Waals surface area contributed by atoms with E-state index in [1.807, 2.05) is 0 Å². The average molecular weight is 377 g/mol. The van der Waals surface area contributed by atoms with Crippen LogP contribution in [0.15, 0.2) is 23.1 Å². The van der Waals surface area contributed by atoms with Crippen LogP contribution >= 0.6 is 0 Å². The molecule has 0 aliphatic carbocycles. The molecule has 3 rings (SSSR count). The summed E-state index contributed by atoms with van der Waals surface area (Å²) in [6.07, 6.45) is 1.96. The molecule has 6 nitrogen and oxygen atoms in total. The van der Waals surface area contributed by atoms with Crippen LogP contribution in [0.5, 0.6) is 0 Å². The van der Waals surface area contributed by atoms with Gasteiger partial charge >= 0.3 is 0 Å². The van der Waals surface area contributed by atoms with Crippen LogP contribution in [0.3, 0.4) is 0 Å². The molecule has 2 heterocycles. The maximum absolute atomic E-state index is 13.0. The lowest BCUT2D eigenvalue weighted by molar-refractivity contribution is 0.384. The van der Waals surface area contributed by atoms with Gasteiger partial charge in [0.25, 0.3) is 0 Å². The quantitative estimate of drug-likeness (QED) is 0.871. The first-order valence-corrected chi connectivity index (χ1v) is 10.7. The van der Waals surface area contributed by atoms with E-state index in [4.69, 9.17) is 0 Å². The first-order chi connectivity index (χ1) is 12.4. The minimum absolute atomic E-state index is 0.328. The summed E-state index contributed by atoms with van der Waals surface area (Å²) >= 11 is 0. The van der Waals surface area contributed by atoms with Gasteiger partial charge in [-0.15, -0.1) is 0 Å². The molecule has 1 saturated heterocycles. The molecule has 1 aromatic heterocycles. The van der Waals surface area contributed by atoms with E-state index in [2.05, 4.69) is 47.1 Å². The molecule has 0 radical (unpaired) electrons. The molecule has 0 spiro atoms. The molecule has 0 bridgehead atoms. The smallest absolute Gasteiger partial charge is 0.246 e. The highest BCUT2D eigenvalue weighted by molar-refractivity contribution is 7.89. The molecular weight excluding hydrogens is 348 g/mol. The number of aromatic amines is 1. The molecule has 7 heteroatoms. The molecule has 1 fully saturated rings. The number of aromatic nitrogens is 2. The van der Waals surface area contributed by atoms with Crippen molar-refractivity contribution < 1.29 is 8.42 Å². The van der Waals surface area contributed by atoms with Gasteiger partial charge in [-0.05, 0) is 37.8 Å². The molecule has 142 valence electrons. The highest BCUT2D eigenvalue weighted by atomic mass is 32.2. The van der Waals surface area contributed by atoms with Gasteiger partial charge in [0.2, 0.25) is 10.0 Å². The maximum Gasteiger partial charge on any atom is 0.246 e. The maximum atomic E-state index is 13.0. The van der Waals surface area contributed by atoms with Crippen molar-refractivity contribution in [1.82, 2.24) is 14.5 Å². The van der Waals surface area contributed by atoms with Crippen LogP contribution in [0.1, 0.15) is 36.4 Å². The summed E-state index contributed by atoms with van der Waals surface area (Å²) in [5.41, 5.74) is 5.11. The average Bonchev–Trinajstić information content (AvgIpc) is 3.00. The summed E-state index contributed by atoms with van der Waals surface area (Å²) in [4.78, 5) is 2.67. The predicted molar refractivity (Wildman–Crippen MR) is 104 cm³/mol. The van der Waals surface area contributed by atoms with Gasteiger partial charge in [-0.25, -0.2) is 8.42 Å². The summed E-state index contributed by atoms with van der Waals surface area (Å²) in [6, 6.07) is 6.47. The summed E-state index contributed by atoms with van der Waals surface area (Å²) < 4.78 is 27.6. The monoisotopic (exact) mass is 376 g/mol. The zero-order valence-electron chi connectivity index (χ0n) is 16.0. The van der Waals surface area contributed by atoms with Crippen LogP contribution in [0.4, 0.5) is 5.69 Å². The molecule has 1 aromatic carbocycles. The fourth-order valence-corrected chi connectivity index (χ4v) is 5.58. The van der Waals surface area contributed by atoms with Crippen molar-refractivity contribution in [2.45, 2.75) is 45.4 Å². The number of nitrogens with zero attached hydrogens (tertiary/aromatic N) is 3. The van der Waals surface area contributed by atoms with E-state index in [1.165, 1.54) is 16.8 Å². The molecular formula is C19H28N4O2S. The number of aryl methyl sites for hydroxylation is 4. The molecule has 2 aromatic rings. The van der Waals surface area contributed by atoms with Crippen LogP contribution in [-0.2, 0) is 22.9 Å². The van der Waals surface area contributed by atoms with Gasteiger partial charge in [0.15, 0.2) is 0 Å². The van der Waals surface area contributed by atoms with E-state index in [0.717, 1.165) is 12.8 Å². The van der Waals surface area contributed by atoms with E-state index >= 15 is 0 Å². The van der Waals surface area contributed by atoms with Crippen LogP contribution < -0.4 is 4.90 Å². The predicted octanol–water partition coefficient (Wildman–Crippen LogP) is 2.66. The number of hydrogen-bond acceptors (Lipinski definition) is 4. The Morgan fingerprint density at radius 3 is 2.08 bits per heavy atom. The normalized spacial score (nSPS) is 16.2. The van der Waals surface area contributed by atoms with Crippen molar-refractivity contribution in [3.63, 3.8) is 0 Å². The Hall–Kier alpha value is -1.86. The third-order valence-corrected chi connectivity index (χ3v) is 7.34. The molecule has 0 saturated carbocycles. The largest absolute Gasteiger partial charge is 0.368 e.